The van der Waals surface area contributed by atoms with E-state index in [1.165, 1.54) is 13.3 Å². The van der Waals surface area contributed by atoms with E-state index < -0.39 is 11.9 Å². The number of hydrazone groups is 1. The van der Waals surface area contributed by atoms with Crippen molar-refractivity contribution in [2.45, 2.75) is 0 Å². The van der Waals surface area contributed by atoms with E-state index in [9.17, 15) is 14.4 Å². The Labute approximate surface area is 155 Å². The van der Waals surface area contributed by atoms with Gasteiger partial charge in [-0.05, 0) is 42.0 Å². The molecule has 0 radical (unpaired) electrons. The normalized spacial score (nSPS) is 10.4. The number of amides is 2. The SMILES string of the molecule is COC(=O)c1ccc(/C=N\NC(=O)CNC(=O)c2ccc(Cl)cc2)cc1. The van der Waals surface area contributed by atoms with Gasteiger partial charge in [-0.3, -0.25) is 9.59 Å². The van der Waals surface area contributed by atoms with Gasteiger partial charge in [-0.25, -0.2) is 10.2 Å². The molecule has 0 aliphatic heterocycles. The zero-order valence-electron chi connectivity index (χ0n) is 13.9. The van der Waals surface area contributed by atoms with Gasteiger partial charge in [0, 0.05) is 10.6 Å². The standard InChI is InChI=1S/C18H16ClN3O4/c1-26-18(25)14-4-2-12(3-5-14)10-21-22-16(23)11-20-17(24)13-6-8-15(19)9-7-13/h2-10H,11H2,1H3,(H,20,24)(H,22,23)/b21-10-. The molecule has 0 saturated carbocycles. The highest BCUT2D eigenvalue weighted by Gasteiger charge is 2.07. The summed E-state index contributed by atoms with van der Waals surface area (Å²) in [4.78, 5) is 34.9. The molecule has 2 aromatic carbocycles. The highest BCUT2D eigenvalue weighted by molar-refractivity contribution is 6.30. The van der Waals surface area contributed by atoms with Crippen molar-refractivity contribution in [3.8, 4) is 0 Å². The summed E-state index contributed by atoms with van der Waals surface area (Å²) >= 11 is 5.75. The van der Waals surface area contributed by atoms with Crippen LogP contribution in [0.5, 0.6) is 0 Å². The Morgan fingerprint density at radius 3 is 2.27 bits per heavy atom. The predicted octanol–water partition coefficient (Wildman–Crippen LogP) is 2.01. The molecule has 0 fully saturated rings. The molecular formula is C18H16ClN3O4. The molecule has 26 heavy (non-hydrogen) atoms. The number of carbonyl (C=O) groups excluding carboxylic acids is 3. The first kappa shape index (κ1) is 19.1. The Hall–Kier alpha value is -3.19. The average molecular weight is 374 g/mol. The van der Waals surface area contributed by atoms with Crippen LogP contribution in [-0.2, 0) is 9.53 Å². The maximum Gasteiger partial charge on any atom is 0.337 e. The smallest absolute Gasteiger partial charge is 0.337 e. The molecule has 2 amide bonds. The number of esters is 1. The van der Waals surface area contributed by atoms with Gasteiger partial charge in [0.25, 0.3) is 11.8 Å². The molecule has 0 aromatic heterocycles. The van der Waals surface area contributed by atoms with E-state index in [-0.39, 0.29) is 12.5 Å². The van der Waals surface area contributed by atoms with Gasteiger partial charge in [0.2, 0.25) is 0 Å². The van der Waals surface area contributed by atoms with Crippen molar-refractivity contribution in [3.05, 3.63) is 70.2 Å². The number of nitrogens with zero attached hydrogens (tertiary/aromatic N) is 1. The first-order valence-electron chi connectivity index (χ1n) is 7.53. The lowest BCUT2D eigenvalue weighted by atomic mass is 10.1. The van der Waals surface area contributed by atoms with Crippen LogP contribution < -0.4 is 10.7 Å². The van der Waals surface area contributed by atoms with Crippen LogP contribution >= 0.6 is 11.6 Å². The molecule has 0 bridgehead atoms. The number of hydrogen-bond acceptors (Lipinski definition) is 5. The fourth-order valence-electron chi connectivity index (χ4n) is 1.91. The second-order valence-electron chi connectivity index (χ2n) is 5.10. The van der Waals surface area contributed by atoms with Crippen molar-refractivity contribution in [1.29, 1.82) is 0 Å². The van der Waals surface area contributed by atoms with E-state index in [0.29, 0.717) is 21.7 Å². The van der Waals surface area contributed by atoms with Crippen molar-refractivity contribution in [1.82, 2.24) is 10.7 Å². The lowest BCUT2D eigenvalue weighted by Crippen LogP contribution is -2.34. The van der Waals surface area contributed by atoms with E-state index in [1.54, 1.807) is 48.5 Å². The van der Waals surface area contributed by atoms with E-state index in [0.717, 1.165) is 0 Å². The topological polar surface area (TPSA) is 96.9 Å². The van der Waals surface area contributed by atoms with E-state index in [2.05, 4.69) is 20.6 Å². The molecule has 0 saturated heterocycles. The minimum absolute atomic E-state index is 0.222. The van der Waals surface area contributed by atoms with Gasteiger partial charge in [0.1, 0.15) is 0 Å². The minimum Gasteiger partial charge on any atom is -0.465 e. The number of nitrogens with one attached hydrogen (secondary N) is 2. The number of methoxy groups -OCH3 is 1. The molecule has 0 atom stereocenters. The third kappa shape index (κ3) is 5.71. The summed E-state index contributed by atoms with van der Waals surface area (Å²) < 4.78 is 4.60. The van der Waals surface area contributed by atoms with Crippen LogP contribution in [0, 0.1) is 0 Å². The zero-order chi connectivity index (χ0) is 18.9. The molecule has 2 aromatic rings. The van der Waals surface area contributed by atoms with Crippen molar-refractivity contribution in [2.75, 3.05) is 13.7 Å². The van der Waals surface area contributed by atoms with E-state index in [1.807, 2.05) is 0 Å². The Morgan fingerprint density at radius 1 is 1.04 bits per heavy atom. The van der Waals surface area contributed by atoms with Crippen LogP contribution in [-0.4, -0.2) is 37.7 Å². The summed E-state index contributed by atoms with van der Waals surface area (Å²) in [5.74, 6) is -1.30. The maximum absolute atomic E-state index is 11.9. The molecule has 2 N–H and O–H groups in total. The van der Waals surface area contributed by atoms with Crippen molar-refractivity contribution >= 4 is 35.6 Å². The van der Waals surface area contributed by atoms with Crippen LogP contribution in [0.1, 0.15) is 26.3 Å². The van der Waals surface area contributed by atoms with Crippen LogP contribution in [0.25, 0.3) is 0 Å². The number of rotatable bonds is 6. The third-order valence-electron chi connectivity index (χ3n) is 3.25. The highest BCUT2D eigenvalue weighted by atomic mass is 35.5. The summed E-state index contributed by atoms with van der Waals surface area (Å²) in [7, 11) is 1.30. The largest absolute Gasteiger partial charge is 0.465 e. The quantitative estimate of drug-likeness (QED) is 0.460. The van der Waals surface area contributed by atoms with E-state index in [4.69, 9.17) is 11.6 Å². The fraction of sp³-hybridized carbons (Fsp3) is 0.111. The van der Waals surface area contributed by atoms with Crippen LogP contribution in [0.15, 0.2) is 53.6 Å². The summed E-state index contributed by atoms with van der Waals surface area (Å²) in [6.45, 7) is -0.222. The molecule has 0 unspecified atom stereocenters. The maximum atomic E-state index is 11.9. The molecule has 7 nitrogen and oxygen atoms in total. The second kappa shape index (κ2) is 9.33. The Balaban J connectivity index is 1.79. The second-order valence-corrected chi connectivity index (χ2v) is 5.53. The minimum atomic E-state index is -0.477. The highest BCUT2D eigenvalue weighted by Crippen LogP contribution is 2.09. The number of benzene rings is 2. The molecule has 8 heteroatoms. The molecule has 0 aliphatic rings. The van der Waals surface area contributed by atoms with Crippen molar-refractivity contribution < 1.29 is 19.1 Å². The van der Waals surface area contributed by atoms with Gasteiger partial charge in [-0.1, -0.05) is 23.7 Å². The van der Waals surface area contributed by atoms with Gasteiger partial charge >= 0.3 is 5.97 Å². The molecule has 0 heterocycles. The van der Waals surface area contributed by atoms with E-state index >= 15 is 0 Å². The fourth-order valence-corrected chi connectivity index (χ4v) is 2.03. The van der Waals surface area contributed by atoms with Gasteiger partial charge in [-0.15, -0.1) is 0 Å². The zero-order valence-corrected chi connectivity index (χ0v) is 14.6. The Morgan fingerprint density at radius 2 is 1.65 bits per heavy atom. The van der Waals surface area contributed by atoms with Crippen molar-refractivity contribution in [3.63, 3.8) is 0 Å². The third-order valence-corrected chi connectivity index (χ3v) is 3.50. The van der Waals surface area contributed by atoms with Gasteiger partial charge in [0.05, 0.1) is 25.4 Å². The summed E-state index contributed by atoms with van der Waals surface area (Å²) in [6.07, 6.45) is 1.42. The number of hydrogen-bond donors (Lipinski definition) is 2. The first-order valence-corrected chi connectivity index (χ1v) is 7.91. The molecular weight excluding hydrogens is 358 g/mol. The average Bonchev–Trinajstić information content (AvgIpc) is 2.66. The molecule has 0 aliphatic carbocycles. The van der Waals surface area contributed by atoms with Crippen LogP contribution in [0.2, 0.25) is 5.02 Å². The Kier molecular flexibility index (Phi) is 6.87. The number of carbonyl (C=O) groups is 3. The summed E-state index contributed by atoms with van der Waals surface area (Å²) in [5, 5.41) is 6.78. The lowest BCUT2D eigenvalue weighted by Gasteiger charge is -2.04. The first-order chi connectivity index (χ1) is 12.5. The summed E-state index contributed by atoms with van der Waals surface area (Å²) in [5.41, 5.74) is 3.80. The lowest BCUT2D eigenvalue weighted by molar-refractivity contribution is -0.120. The van der Waals surface area contributed by atoms with Gasteiger partial charge < -0.3 is 10.1 Å². The number of ether oxygens (including phenoxy) is 1. The Bertz CT molecular complexity index is 817. The molecule has 0 spiro atoms. The van der Waals surface area contributed by atoms with Gasteiger partial charge in [0.15, 0.2) is 0 Å². The predicted molar refractivity (Wildman–Crippen MR) is 97.3 cm³/mol. The molecule has 2 rings (SSSR count). The summed E-state index contributed by atoms with van der Waals surface area (Å²) in [6, 6.07) is 12.8. The van der Waals surface area contributed by atoms with Crippen LogP contribution in [0.4, 0.5) is 0 Å². The monoisotopic (exact) mass is 373 g/mol. The molecule has 134 valence electrons. The van der Waals surface area contributed by atoms with Crippen LogP contribution in [0.3, 0.4) is 0 Å². The van der Waals surface area contributed by atoms with Gasteiger partial charge in [-0.2, -0.15) is 5.10 Å². The van der Waals surface area contributed by atoms with Crippen molar-refractivity contribution in [2.24, 2.45) is 5.10 Å². The number of halogens is 1.